The first-order valence-corrected chi connectivity index (χ1v) is 7.30. The molecule has 0 aromatic carbocycles. The van der Waals surface area contributed by atoms with E-state index in [1.165, 1.54) is 22.7 Å². The molecule has 19 heavy (non-hydrogen) atoms. The van der Waals surface area contributed by atoms with E-state index in [2.05, 4.69) is 22.1 Å². The Morgan fingerprint density at radius 2 is 2.42 bits per heavy atom. The molecular weight excluding hydrogens is 280 g/mol. The molecule has 2 aromatic rings. The largest absolute Gasteiger partial charge is 0.395 e. The molecule has 2 N–H and O–H groups in total. The molecule has 0 fully saturated rings. The lowest BCUT2D eigenvalue weighted by atomic mass is 10.3. The lowest BCUT2D eigenvalue weighted by molar-refractivity contribution is 0.102. The highest BCUT2D eigenvalue weighted by Crippen LogP contribution is 2.19. The Kier molecular flexibility index (Phi) is 4.68. The van der Waals surface area contributed by atoms with Crippen LogP contribution in [0.2, 0.25) is 0 Å². The van der Waals surface area contributed by atoms with Gasteiger partial charge in [-0.1, -0.05) is 11.8 Å². The number of carbonyl (C=O) groups is 1. The second-order valence-electron chi connectivity index (χ2n) is 3.71. The molecule has 6 heteroatoms. The Bertz CT molecular complexity index is 634. The van der Waals surface area contributed by atoms with Crippen LogP contribution in [0.5, 0.6) is 0 Å². The fourth-order valence-electron chi connectivity index (χ4n) is 1.31. The molecule has 0 bridgehead atoms. The summed E-state index contributed by atoms with van der Waals surface area (Å²) in [5.41, 5.74) is 0.575. The Hall–Kier alpha value is -1.68. The summed E-state index contributed by atoms with van der Waals surface area (Å²) in [6, 6.07) is 1.74. The number of aliphatic hydroxyl groups excluding tert-OH is 1. The number of aliphatic hydroxyl groups is 1. The number of thiophene rings is 1. The van der Waals surface area contributed by atoms with Gasteiger partial charge in [-0.3, -0.25) is 10.1 Å². The quantitative estimate of drug-likeness (QED) is 0.854. The van der Waals surface area contributed by atoms with E-state index in [9.17, 15) is 4.79 Å². The van der Waals surface area contributed by atoms with E-state index in [0.717, 1.165) is 9.75 Å². The molecule has 0 aliphatic heterocycles. The summed E-state index contributed by atoms with van der Waals surface area (Å²) in [7, 11) is 0. The van der Waals surface area contributed by atoms with Gasteiger partial charge in [-0.2, -0.15) is 0 Å². The van der Waals surface area contributed by atoms with Crippen molar-refractivity contribution in [1.29, 1.82) is 0 Å². The van der Waals surface area contributed by atoms with Crippen molar-refractivity contribution < 1.29 is 9.90 Å². The van der Waals surface area contributed by atoms with Crippen LogP contribution < -0.4 is 5.32 Å². The van der Waals surface area contributed by atoms with Crippen LogP contribution in [0.1, 0.15) is 26.5 Å². The molecule has 4 nitrogen and oxygen atoms in total. The van der Waals surface area contributed by atoms with E-state index in [-0.39, 0.29) is 12.5 Å². The highest BCUT2D eigenvalue weighted by Gasteiger charge is 2.10. The third-order valence-corrected chi connectivity index (χ3v) is 3.83. The van der Waals surface area contributed by atoms with Gasteiger partial charge in [0.25, 0.3) is 5.91 Å². The van der Waals surface area contributed by atoms with Gasteiger partial charge in [-0.25, -0.2) is 4.98 Å². The van der Waals surface area contributed by atoms with Crippen molar-refractivity contribution >= 4 is 33.7 Å². The number of thiazole rings is 1. The van der Waals surface area contributed by atoms with E-state index in [1.54, 1.807) is 17.6 Å². The number of nitrogens with one attached hydrogen (secondary N) is 1. The van der Waals surface area contributed by atoms with E-state index < -0.39 is 0 Å². The number of aromatic nitrogens is 1. The smallest absolute Gasteiger partial charge is 0.258 e. The van der Waals surface area contributed by atoms with E-state index >= 15 is 0 Å². The number of rotatable bonds is 3. The van der Waals surface area contributed by atoms with Crippen LogP contribution in [-0.4, -0.2) is 22.6 Å². The molecule has 1 amide bonds. The normalized spacial score (nSPS) is 9.79. The maximum absolute atomic E-state index is 11.9. The number of nitrogens with zero attached hydrogens (tertiary/aromatic N) is 1. The third kappa shape index (κ3) is 3.89. The molecule has 0 aliphatic rings. The zero-order valence-corrected chi connectivity index (χ0v) is 11.9. The van der Waals surface area contributed by atoms with E-state index in [1.807, 2.05) is 6.92 Å². The molecule has 0 saturated heterocycles. The molecule has 0 aliphatic carbocycles. The average molecular weight is 292 g/mol. The average Bonchev–Trinajstić information content (AvgIpc) is 2.99. The van der Waals surface area contributed by atoms with Gasteiger partial charge in [0.1, 0.15) is 0 Å². The van der Waals surface area contributed by atoms with Crippen molar-refractivity contribution in [2.75, 3.05) is 11.9 Å². The Balaban J connectivity index is 2.02. The molecule has 0 radical (unpaired) electrons. The Morgan fingerprint density at radius 3 is 3.11 bits per heavy atom. The summed E-state index contributed by atoms with van der Waals surface area (Å²) in [6.07, 6.45) is 2.16. The van der Waals surface area contributed by atoms with Gasteiger partial charge >= 0.3 is 0 Å². The first kappa shape index (κ1) is 13.7. The second kappa shape index (κ2) is 6.48. The van der Waals surface area contributed by atoms with Crippen molar-refractivity contribution in [1.82, 2.24) is 4.98 Å². The van der Waals surface area contributed by atoms with Crippen LogP contribution in [0.3, 0.4) is 0 Å². The maximum atomic E-state index is 11.9. The summed E-state index contributed by atoms with van der Waals surface area (Å²) in [6.45, 7) is 1.99. The number of hydrogen-bond donors (Lipinski definition) is 2. The number of carbonyl (C=O) groups excluding carboxylic acids is 1. The summed E-state index contributed by atoms with van der Waals surface area (Å²) in [5.74, 6) is 5.55. The lowest BCUT2D eigenvalue weighted by Gasteiger charge is -1.97. The zero-order valence-electron chi connectivity index (χ0n) is 10.3. The van der Waals surface area contributed by atoms with Gasteiger partial charge in [-0.15, -0.1) is 22.7 Å². The van der Waals surface area contributed by atoms with Crippen LogP contribution in [0, 0.1) is 18.8 Å². The second-order valence-corrected chi connectivity index (χ2v) is 5.85. The van der Waals surface area contributed by atoms with Crippen molar-refractivity contribution in [3.8, 4) is 11.8 Å². The predicted molar refractivity (Wildman–Crippen MR) is 77.7 cm³/mol. The summed E-state index contributed by atoms with van der Waals surface area (Å²) < 4.78 is 0. The molecule has 0 unspecified atom stereocenters. The topological polar surface area (TPSA) is 62.2 Å². The maximum Gasteiger partial charge on any atom is 0.258 e. The van der Waals surface area contributed by atoms with Crippen molar-refractivity contribution in [3.05, 3.63) is 33.0 Å². The number of anilines is 1. The van der Waals surface area contributed by atoms with Gasteiger partial charge in [0.15, 0.2) is 5.13 Å². The fraction of sp³-hybridized carbons (Fsp3) is 0.231. The Labute approximate surface area is 119 Å². The lowest BCUT2D eigenvalue weighted by Crippen LogP contribution is -2.10. The number of hydrogen-bond acceptors (Lipinski definition) is 5. The van der Waals surface area contributed by atoms with Crippen LogP contribution in [0.25, 0.3) is 0 Å². The van der Waals surface area contributed by atoms with Crippen molar-refractivity contribution in [3.63, 3.8) is 0 Å². The van der Waals surface area contributed by atoms with Crippen LogP contribution >= 0.6 is 22.7 Å². The minimum absolute atomic E-state index is 0.0507. The monoisotopic (exact) mass is 292 g/mol. The molecular formula is C13H12N2O2S2. The molecule has 98 valence electrons. The van der Waals surface area contributed by atoms with Gasteiger partial charge in [0.2, 0.25) is 0 Å². The van der Waals surface area contributed by atoms with Crippen LogP contribution in [-0.2, 0) is 0 Å². The molecule has 2 rings (SSSR count). The van der Waals surface area contributed by atoms with Gasteiger partial charge in [0, 0.05) is 22.9 Å². The van der Waals surface area contributed by atoms with Crippen LogP contribution in [0.4, 0.5) is 5.13 Å². The zero-order chi connectivity index (χ0) is 13.7. The molecule has 0 atom stereocenters. The first-order chi connectivity index (χ1) is 9.19. The Morgan fingerprint density at radius 1 is 1.58 bits per heavy atom. The minimum Gasteiger partial charge on any atom is -0.395 e. The highest BCUT2D eigenvalue weighted by molar-refractivity contribution is 7.15. The molecule has 0 saturated carbocycles. The molecule has 2 heterocycles. The van der Waals surface area contributed by atoms with Crippen molar-refractivity contribution in [2.24, 2.45) is 0 Å². The van der Waals surface area contributed by atoms with Gasteiger partial charge in [-0.05, 0) is 13.0 Å². The summed E-state index contributed by atoms with van der Waals surface area (Å²) in [4.78, 5) is 17.9. The van der Waals surface area contributed by atoms with E-state index in [4.69, 9.17) is 5.11 Å². The SMILES string of the molecule is Cc1cnc(NC(=O)c2csc(C#CCCO)c2)s1. The first-order valence-electron chi connectivity index (χ1n) is 5.61. The highest BCUT2D eigenvalue weighted by atomic mass is 32.1. The van der Waals surface area contributed by atoms with Crippen molar-refractivity contribution in [2.45, 2.75) is 13.3 Å². The fourth-order valence-corrected chi connectivity index (χ4v) is 2.72. The van der Waals surface area contributed by atoms with Gasteiger partial charge in [0.05, 0.1) is 17.0 Å². The summed E-state index contributed by atoms with van der Waals surface area (Å²) in [5, 5.41) is 13.7. The van der Waals surface area contributed by atoms with Crippen LogP contribution in [0.15, 0.2) is 17.6 Å². The van der Waals surface area contributed by atoms with E-state index in [0.29, 0.717) is 17.1 Å². The standard InChI is InChI=1S/C13H12N2O2S2/c1-9-7-14-13(19-9)15-12(17)10-6-11(18-8-10)4-2-3-5-16/h6-8,16H,3,5H2,1H3,(H,14,15,17). The summed E-state index contributed by atoms with van der Waals surface area (Å²) >= 11 is 2.85. The third-order valence-electron chi connectivity index (χ3n) is 2.15. The minimum atomic E-state index is -0.180. The number of amides is 1. The van der Waals surface area contributed by atoms with Gasteiger partial charge < -0.3 is 5.11 Å². The molecule has 2 aromatic heterocycles. The predicted octanol–water partition coefficient (Wildman–Crippen LogP) is 2.50. The number of aryl methyl sites for hydroxylation is 1. The molecule has 0 spiro atoms.